The van der Waals surface area contributed by atoms with Crippen LogP contribution in [0, 0.1) is 0 Å². The van der Waals surface area contributed by atoms with Crippen molar-refractivity contribution in [2.75, 3.05) is 5.75 Å². The fraction of sp³-hybridized carbons (Fsp3) is 0.208. The van der Waals surface area contributed by atoms with Gasteiger partial charge in [0.15, 0.2) is 9.84 Å². The number of rotatable bonds is 0. The lowest BCUT2D eigenvalue weighted by Crippen LogP contribution is -2.09. The summed E-state index contributed by atoms with van der Waals surface area (Å²) in [5, 5.41) is 1.27. The molecule has 140 valence electrons. The molecule has 2 aromatic carbocycles. The van der Waals surface area contributed by atoms with E-state index in [9.17, 15) is 8.42 Å². The van der Waals surface area contributed by atoms with Crippen molar-refractivity contribution < 1.29 is 8.42 Å². The fourth-order valence-corrected chi connectivity index (χ4v) is 5.80. The monoisotopic (exact) mass is 387 g/mol. The minimum Gasteiger partial charge on any atom is -0.264 e. The lowest BCUT2D eigenvalue weighted by Gasteiger charge is -2.25. The second-order valence-corrected chi connectivity index (χ2v) is 9.42. The molecule has 0 saturated heterocycles. The highest BCUT2D eigenvalue weighted by Gasteiger charge is 2.24. The van der Waals surface area contributed by atoms with Crippen LogP contribution in [0.25, 0.3) is 17.2 Å². The average molecular weight is 388 g/mol. The molecule has 28 heavy (non-hydrogen) atoms. The number of aliphatic imine (C=N–C) groups is 1. The van der Waals surface area contributed by atoms with Gasteiger partial charge >= 0.3 is 0 Å². The summed E-state index contributed by atoms with van der Waals surface area (Å²) in [5.74, 6) is 0.127. The van der Waals surface area contributed by atoms with Crippen LogP contribution in [0.3, 0.4) is 0 Å². The van der Waals surface area contributed by atoms with Crippen molar-refractivity contribution in [3.05, 3.63) is 87.5 Å². The number of sulfone groups is 1. The van der Waals surface area contributed by atoms with E-state index >= 15 is 0 Å². The Bertz CT molecular complexity index is 1200. The number of allylic oxidation sites excluding steroid dienone is 2. The molecule has 4 aliphatic rings. The number of aryl methyl sites for hydroxylation is 1. The molecule has 2 aliphatic carbocycles. The van der Waals surface area contributed by atoms with Crippen LogP contribution < -0.4 is 0 Å². The molecule has 0 spiro atoms. The molecule has 0 saturated carbocycles. The summed E-state index contributed by atoms with van der Waals surface area (Å²) in [6, 6.07) is 13.5. The summed E-state index contributed by atoms with van der Waals surface area (Å²) in [7, 11) is -2.93. The molecule has 0 unspecified atom stereocenters. The number of hydrogen-bond donors (Lipinski definition) is 0. The Morgan fingerprint density at radius 2 is 1.79 bits per heavy atom. The van der Waals surface area contributed by atoms with E-state index in [1.165, 1.54) is 53.3 Å². The highest BCUT2D eigenvalue weighted by Crippen LogP contribution is 2.38. The van der Waals surface area contributed by atoms with Crippen molar-refractivity contribution >= 4 is 22.1 Å². The average Bonchev–Trinajstić information content (AvgIpc) is 3.25. The minimum atomic E-state index is -2.93. The Morgan fingerprint density at radius 3 is 2.68 bits per heavy atom. The van der Waals surface area contributed by atoms with Crippen LogP contribution in [0.5, 0.6) is 0 Å². The Morgan fingerprint density at radius 1 is 0.893 bits per heavy atom. The fourth-order valence-electron chi connectivity index (χ4n) is 4.44. The molecule has 6 rings (SSSR count). The molecular weight excluding hydrogens is 366 g/mol. The maximum Gasteiger partial charge on any atom is 0.176 e. The molecule has 3 nitrogen and oxygen atoms in total. The Balaban J connectivity index is 0.000000145. The van der Waals surface area contributed by atoms with Gasteiger partial charge in [0.1, 0.15) is 0 Å². The first kappa shape index (κ1) is 17.4. The summed E-state index contributed by atoms with van der Waals surface area (Å²) in [6.07, 6.45) is 12.6. The second-order valence-electron chi connectivity index (χ2n) is 7.57. The molecule has 2 aromatic rings. The zero-order valence-corrected chi connectivity index (χ0v) is 16.4. The van der Waals surface area contributed by atoms with Crippen molar-refractivity contribution in [1.82, 2.24) is 0 Å². The van der Waals surface area contributed by atoms with E-state index in [4.69, 9.17) is 0 Å². The van der Waals surface area contributed by atoms with Gasteiger partial charge in [-0.05, 0) is 64.6 Å². The molecule has 0 atom stereocenters. The van der Waals surface area contributed by atoms with E-state index in [2.05, 4.69) is 53.5 Å². The Labute approximate surface area is 165 Å². The van der Waals surface area contributed by atoms with Gasteiger partial charge in [0.25, 0.3) is 0 Å². The van der Waals surface area contributed by atoms with Gasteiger partial charge in [0, 0.05) is 23.4 Å². The van der Waals surface area contributed by atoms with Crippen LogP contribution >= 0.6 is 0 Å². The predicted molar refractivity (Wildman–Crippen MR) is 115 cm³/mol. The molecule has 0 radical (unpaired) electrons. The summed E-state index contributed by atoms with van der Waals surface area (Å²) in [5.41, 5.74) is 10.7. The molecule has 2 heterocycles. The smallest absolute Gasteiger partial charge is 0.176 e. The van der Waals surface area contributed by atoms with Gasteiger partial charge in [-0.1, -0.05) is 48.6 Å². The van der Waals surface area contributed by atoms with E-state index in [-0.39, 0.29) is 5.75 Å². The lowest BCUT2D eigenvalue weighted by molar-refractivity contribution is 0.608. The van der Waals surface area contributed by atoms with E-state index in [0.717, 1.165) is 11.1 Å². The molecule has 0 N–H and O–H groups in total. The van der Waals surface area contributed by atoms with Gasteiger partial charge in [-0.2, -0.15) is 0 Å². The van der Waals surface area contributed by atoms with Crippen molar-refractivity contribution in [2.24, 2.45) is 4.99 Å². The van der Waals surface area contributed by atoms with Crippen molar-refractivity contribution in [3.8, 4) is 11.1 Å². The Kier molecular flexibility index (Phi) is 4.17. The summed E-state index contributed by atoms with van der Waals surface area (Å²) < 4.78 is 21.7. The molecule has 0 aromatic heterocycles. The summed E-state index contributed by atoms with van der Waals surface area (Å²) >= 11 is 0. The van der Waals surface area contributed by atoms with Gasteiger partial charge in [0.05, 0.1) is 5.75 Å². The second kappa shape index (κ2) is 6.71. The number of benzene rings is 2. The SMILES string of the molecule is C1=Cc2ccc3c(c2CC1)CCc1ccccc1-3.O=S1(=O)C=C2C=NC=C2C1. The van der Waals surface area contributed by atoms with Gasteiger partial charge in [-0.3, -0.25) is 4.99 Å². The summed E-state index contributed by atoms with van der Waals surface area (Å²) in [6.45, 7) is 0. The third-order valence-corrected chi connectivity index (χ3v) is 7.08. The van der Waals surface area contributed by atoms with E-state index in [1.807, 2.05) is 0 Å². The first-order valence-corrected chi connectivity index (χ1v) is 11.4. The highest BCUT2D eigenvalue weighted by atomic mass is 32.2. The van der Waals surface area contributed by atoms with Crippen LogP contribution in [0.15, 0.2) is 70.2 Å². The lowest BCUT2D eigenvalue weighted by atomic mass is 9.80. The zero-order valence-electron chi connectivity index (χ0n) is 15.6. The van der Waals surface area contributed by atoms with Gasteiger partial charge in [-0.15, -0.1) is 0 Å². The predicted octanol–water partition coefficient (Wildman–Crippen LogP) is 4.68. The third kappa shape index (κ3) is 3.08. The standard InChI is InChI=1S/C18H16.C6H5NO2S/c1-3-7-15-13(5-1)9-11-18-16-8-4-2-6-14(16)10-12-17(15)18;8-10(9)3-5-1-7-2-6(5)4-10/h1-3,5-7,10,12H,4,8-9,11H2;1-3H,4H2. The summed E-state index contributed by atoms with van der Waals surface area (Å²) in [4.78, 5) is 3.81. The third-order valence-electron chi connectivity index (χ3n) is 5.76. The van der Waals surface area contributed by atoms with Crippen molar-refractivity contribution in [1.29, 1.82) is 0 Å². The van der Waals surface area contributed by atoms with Gasteiger partial charge in [-0.25, -0.2) is 8.42 Å². The Hall–Kier alpha value is -2.72. The quantitative estimate of drug-likeness (QED) is 0.659. The zero-order chi connectivity index (χ0) is 19.1. The van der Waals surface area contributed by atoms with Crippen LogP contribution in [-0.4, -0.2) is 20.4 Å². The van der Waals surface area contributed by atoms with Crippen LogP contribution in [0.4, 0.5) is 0 Å². The molecular formula is C24H21NO2S. The largest absolute Gasteiger partial charge is 0.264 e. The van der Waals surface area contributed by atoms with Crippen molar-refractivity contribution in [3.63, 3.8) is 0 Å². The van der Waals surface area contributed by atoms with E-state index in [0.29, 0.717) is 0 Å². The van der Waals surface area contributed by atoms with Gasteiger partial charge < -0.3 is 0 Å². The van der Waals surface area contributed by atoms with Crippen LogP contribution in [0.1, 0.15) is 28.7 Å². The van der Waals surface area contributed by atoms with Gasteiger partial charge in [0.2, 0.25) is 0 Å². The minimum absolute atomic E-state index is 0.127. The number of hydrogen-bond acceptors (Lipinski definition) is 3. The van der Waals surface area contributed by atoms with Crippen LogP contribution in [-0.2, 0) is 29.1 Å². The maximum atomic E-state index is 10.9. The van der Waals surface area contributed by atoms with Crippen LogP contribution in [0.2, 0.25) is 0 Å². The first-order chi connectivity index (χ1) is 13.6. The molecule has 4 heteroatoms. The highest BCUT2D eigenvalue weighted by molar-refractivity contribution is 7.94. The topological polar surface area (TPSA) is 46.5 Å². The number of fused-ring (bicyclic) bond motifs is 6. The maximum absolute atomic E-state index is 10.9. The van der Waals surface area contributed by atoms with Crippen molar-refractivity contribution in [2.45, 2.75) is 25.7 Å². The molecule has 0 amide bonds. The van der Waals surface area contributed by atoms with E-state index < -0.39 is 9.84 Å². The first-order valence-electron chi connectivity index (χ1n) is 9.67. The normalized spacial score (nSPS) is 19.4. The molecule has 0 bridgehead atoms. The molecule has 2 aliphatic heterocycles. The van der Waals surface area contributed by atoms with E-state index in [1.54, 1.807) is 23.5 Å². The molecule has 0 fully saturated rings. The number of nitrogens with zero attached hydrogens (tertiary/aromatic N) is 1.